The number of anilines is 2. The molecule has 0 saturated carbocycles. The highest BCUT2D eigenvalue weighted by molar-refractivity contribution is 6.02. The average Bonchev–Trinajstić information content (AvgIpc) is 3.02. The molecule has 0 aliphatic carbocycles. The molecule has 0 radical (unpaired) electrons. The van der Waals surface area contributed by atoms with E-state index in [-0.39, 0.29) is 5.91 Å². The van der Waals surface area contributed by atoms with E-state index in [9.17, 15) is 4.79 Å². The van der Waals surface area contributed by atoms with Crippen LogP contribution in [0.4, 0.5) is 11.4 Å². The third-order valence-corrected chi connectivity index (χ3v) is 4.67. The summed E-state index contributed by atoms with van der Waals surface area (Å²) >= 11 is 0. The van der Waals surface area contributed by atoms with Gasteiger partial charge < -0.3 is 15.1 Å². The molecule has 6 heteroatoms. The lowest BCUT2D eigenvalue weighted by molar-refractivity contribution is 0.102. The number of aryl methyl sites for hydroxylation is 1. The van der Waals surface area contributed by atoms with E-state index in [1.807, 2.05) is 19.1 Å². The number of hydrogen-bond donors (Lipinski definition) is 2. The van der Waals surface area contributed by atoms with Crippen LogP contribution in [0.15, 0.2) is 30.3 Å². The third kappa shape index (κ3) is 4.60. The van der Waals surface area contributed by atoms with Crippen LogP contribution in [0, 0.1) is 12.8 Å². The molecule has 0 atom stereocenters. The first-order chi connectivity index (χ1) is 12.0. The number of hydrogen-bond acceptors (Lipinski definition) is 4. The average molecular weight is 341 g/mol. The van der Waals surface area contributed by atoms with Crippen molar-refractivity contribution in [2.24, 2.45) is 5.92 Å². The van der Waals surface area contributed by atoms with Crippen LogP contribution in [-0.2, 0) is 0 Å². The van der Waals surface area contributed by atoms with E-state index >= 15 is 0 Å². The number of piperidine rings is 1. The number of aromatic nitrogens is 2. The van der Waals surface area contributed by atoms with Gasteiger partial charge in [0.25, 0.3) is 5.91 Å². The van der Waals surface area contributed by atoms with Crippen LogP contribution in [0.3, 0.4) is 0 Å². The molecule has 2 aromatic rings. The Bertz CT molecular complexity index is 699. The number of amides is 1. The fraction of sp³-hybridized carbons (Fsp3) is 0.474. The lowest BCUT2D eigenvalue weighted by Crippen LogP contribution is -2.37. The first-order valence-electron chi connectivity index (χ1n) is 8.84. The Labute approximate surface area is 149 Å². The predicted octanol–water partition coefficient (Wildman–Crippen LogP) is 2.75. The van der Waals surface area contributed by atoms with E-state index in [0.29, 0.717) is 5.69 Å². The number of carbonyl (C=O) groups excluding carboxylic acids is 1. The summed E-state index contributed by atoms with van der Waals surface area (Å²) in [5.41, 5.74) is 3.29. The highest BCUT2D eigenvalue weighted by Crippen LogP contribution is 2.25. The molecule has 2 N–H and O–H groups in total. The minimum Gasteiger partial charge on any atom is -0.372 e. The lowest BCUT2D eigenvalue weighted by Gasteiger charge is -2.34. The molecule has 1 aromatic heterocycles. The van der Waals surface area contributed by atoms with Gasteiger partial charge in [-0.05, 0) is 70.1 Å². The van der Waals surface area contributed by atoms with E-state index in [0.717, 1.165) is 30.4 Å². The second kappa shape index (κ2) is 7.70. The second-order valence-electron chi connectivity index (χ2n) is 7.13. The van der Waals surface area contributed by atoms with Crippen LogP contribution >= 0.6 is 0 Å². The maximum absolute atomic E-state index is 12.1. The zero-order chi connectivity index (χ0) is 17.8. The van der Waals surface area contributed by atoms with Crippen LogP contribution in [0.25, 0.3) is 0 Å². The maximum atomic E-state index is 12.1. The molecule has 1 aliphatic rings. The monoisotopic (exact) mass is 341 g/mol. The zero-order valence-electron chi connectivity index (χ0n) is 15.2. The van der Waals surface area contributed by atoms with Crippen molar-refractivity contribution >= 4 is 17.3 Å². The van der Waals surface area contributed by atoms with E-state index in [1.165, 1.54) is 25.1 Å². The van der Waals surface area contributed by atoms with Crippen molar-refractivity contribution in [3.05, 3.63) is 41.7 Å². The van der Waals surface area contributed by atoms with Gasteiger partial charge in [-0.1, -0.05) is 0 Å². The molecular weight excluding hydrogens is 314 g/mol. The van der Waals surface area contributed by atoms with Gasteiger partial charge in [0.1, 0.15) is 0 Å². The summed E-state index contributed by atoms with van der Waals surface area (Å²) in [6.07, 6.45) is 2.46. The van der Waals surface area contributed by atoms with Gasteiger partial charge in [0.05, 0.1) is 0 Å². The maximum Gasteiger partial charge on any atom is 0.276 e. The summed E-state index contributed by atoms with van der Waals surface area (Å²) < 4.78 is 0. The van der Waals surface area contributed by atoms with Crippen molar-refractivity contribution < 1.29 is 4.79 Å². The fourth-order valence-corrected chi connectivity index (χ4v) is 3.38. The number of benzene rings is 1. The SMILES string of the molecule is Cc1cc(C(=O)Nc2ccc(N3CCC(CN(C)C)CC3)cc2)n[nH]1. The van der Waals surface area contributed by atoms with Gasteiger partial charge in [-0.2, -0.15) is 5.10 Å². The van der Waals surface area contributed by atoms with Crippen LogP contribution in [0.1, 0.15) is 29.0 Å². The summed E-state index contributed by atoms with van der Waals surface area (Å²) in [6.45, 7) is 5.24. The fourth-order valence-electron chi connectivity index (χ4n) is 3.38. The number of H-pyrrole nitrogens is 1. The van der Waals surface area contributed by atoms with Gasteiger partial charge in [0.15, 0.2) is 5.69 Å². The molecule has 2 heterocycles. The topological polar surface area (TPSA) is 64.3 Å². The Kier molecular flexibility index (Phi) is 5.38. The molecule has 0 bridgehead atoms. The summed E-state index contributed by atoms with van der Waals surface area (Å²) in [5.74, 6) is 0.601. The number of rotatable bonds is 5. The van der Waals surface area contributed by atoms with E-state index in [2.05, 4.69) is 51.5 Å². The van der Waals surface area contributed by atoms with Crippen molar-refractivity contribution in [3.63, 3.8) is 0 Å². The Morgan fingerprint density at radius 1 is 1.28 bits per heavy atom. The molecular formula is C19H27N5O. The Hall–Kier alpha value is -2.34. The summed E-state index contributed by atoms with van der Waals surface area (Å²) in [4.78, 5) is 16.8. The molecule has 1 saturated heterocycles. The van der Waals surface area contributed by atoms with E-state index in [1.54, 1.807) is 6.07 Å². The molecule has 1 aromatic carbocycles. The van der Waals surface area contributed by atoms with Crippen molar-refractivity contribution in [1.29, 1.82) is 0 Å². The zero-order valence-corrected chi connectivity index (χ0v) is 15.2. The quantitative estimate of drug-likeness (QED) is 0.878. The summed E-state index contributed by atoms with van der Waals surface area (Å²) in [6, 6.07) is 9.81. The van der Waals surface area contributed by atoms with Gasteiger partial charge in [-0.15, -0.1) is 0 Å². The Morgan fingerprint density at radius 3 is 2.52 bits per heavy atom. The van der Waals surface area contributed by atoms with Gasteiger partial charge in [0.2, 0.25) is 0 Å². The van der Waals surface area contributed by atoms with Crippen LogP contribution in [-0.4, -0.2) is 54.7 Å². The van der Waals surface area contributed by atoms with Crippen molar-refractivity contribution in [1.82, 2.24) is 15.1 Å². The van der Waals surface area contributed by atoms with E-state index in [4.69, 9.17) is 0 Å². The molecule has 1 amide bonds. The second-order valence-corrected chi connectivity index (χ2v) is 7.13. The van der Waals surface area contributed by atoms with Crippen LogP contribution < -0.4 is 10.2 Å². The van der Waals surface area contributed by atoms with Crippen molar-refractivity contribution in [2.75, 3.05) is 43.9 Å². The molecule has 3 rings (SSSR count). The van der Waals surface area contributed by atoms with Crippen molar-refractivity contribution in [2.45, 2.75) is 19.8 Å². The number of nitrogens with one attached hydrogen (secondary N) is 2. The predicted molar refractivity (Wildman–Crippen MR) is 101 cm³/mol. The molecule has 25 heavy (non-hydrogen) atoms. The number of aromatic amines is 1. The standard InChI is InChI=1S/C19H27N5O/c1-14-12-18(22-21-14)19(25)20-16-4-6-17(7-5-16)24-10-8-15(9-11-24)13-23(2)3/h4-7,12,15H,8-11,13H2,1-3H3,(H,20,25)(H,21,22). The molecule has 1 aliphatic heterocycles. The minimum atomic E-state index is -0.193. The largest absolute Gasteiger partial charge is 0.372 e. The van der Waals surface area contributed by atoms with E-state index < -0.39 is 0 Å². The Morgan fingerprint density at radius 2 is 1.96 bits per heavy atom. The highest BCUT2D eigenvalue weighted by atomic mass is 16.1. The first-order valence-corrected chi connectivity index (χ1v) is 8.84. The van der Waals surface area contributed by atoms with Crippen LogP contribution in [0.2, 0.25) is 0 Å². The Balaban J connectivity index is 1.55. The molecule has 0 spiro atoms. The lowest BCUT2D eigenvalue weighted by atomic mass is 9.96. The molecule has 0 unspecified atom stereocenters. The molecule has 134 valence electrons. The summed E-state index contributed by atoms with van der Waals surface area (Å²) in [7, 11) is 4.29. The molecule has 1 fully saturated rings. The van der Waals surface area contributed by atoms with Gasteiger partial charge in [-0.3, -0.25) is 9.89 Å². The normalized spacial score (nSPS) is 15.6. The smallest absolute Gasteiger partial charge is 0.276 e. The van der Waals surface area contributed by atoms with Gasteiger partial charge >= 0.3 is 0 Å². The minimum absolute atomic E-state index is 0.193. The third-order valence-electron chi connectivity index (χ3n) is 4.67. The van der Waals surface area contributed by atoms with Crippen molar-refractivity contribution in [3.8, 4) is 0 Å². The number of nitrogens with zero attached hydrogens (tertiary/aromatic N) is 3. The first kappa shape index (κ1) is 17.5. The molecule has 6 nitrogen and oxygen atoms in total. The van der Waals surface area contributed by atoms with Gasteiger partial charge in [0, 0.05) is 36.7 Å². The van der Waals surface area contributed by atoms with Crippen LogP contribution in [0.5, 0.6) is 0 Å². The number of carbonyl (C=O) groups is 1. The van der Waals surface area contributed by atoms with Gasteiger partial charge in [-0.25, -0.2) is 0 Å². The highest BCUT2D eigenvalue weighted by Gasteiger charge is 2.20. The summed E-state index contributed by atoms with van der Waals surface area (Å²) in [5, 5.41) is 9.65.